The predicted octanol–water partition coefficient (Wildman–Crippen LogP) is 1.88. The molecule has 1 N–H and O–H groups in total. The fourth-order valence-corrected chi connectivity index (χ4v) is 3.43. The van der Waals surface area contributed by atoms with Gasteiger partial charge in [0.05, 0.1) is 0 Å². The lowest BCUT2D eigenvalue weighted by Crippen LogP contribution is -2.51. The monoisotopic (exact) mass is 373 g/mol. The number of carboxylic acids is 1. The Bertz CT molecular complexity index is 839. The van der Waals surface area contributed by atoms with E-state index in [0.29, 0.717) is 43.6 Å². The van der Waals surface area contributed by atoms with Crippen molar-refractivity contribution in [2.45, 2.75) is 6.10 Å². The minimum Gasteiger partial charge on any atom is -0.486 e. The fraction of sp³-hybridized carbons (Fsp3) is 0.368. The minimum absolute atomic E-state index is 0.171. The number of piperazine rings is 1. The van der Waals surface area contributed by atoms with Crippen LogP contribution in [0.15, 0.2) is 36.5 Å². The summed E-state index contributed by atoms with van der Waals surface area (Å²) in [4.78, 5) is 19.8. The summed E-state index contributed by atoms with van der Waals surface area (Å²) in [5.74, 6) is 0.181. The van der Waals surface area contributed by atoms with Crippen molar-refractivity contribution in [3.63, 3.8) is 0 Å². The van der Waals surface area contributed by atoms with Crippen molar-refractivity contribution in [2.75, 3.05) is 44.2 Å². The van der Waals surface area contributed by atoms with Crippen LogP contribution in [-0.2, 0) is 0 Å². The Labute approximate surface area is 155 Å². The van der Waals surface area contributed by atoms with Crippen LogP contribution >= 0.6 is 0 Å². The van der Waals surface area contributed by atoms with Gasteiger partial charge in [0, 0.05) is 45.0 Å². The van der Waals surface area contributed by atoms with E-state index in [0.717, 1.165) is 13.1 Å². The molecule has 2 aromatic rings. The van der Waals surface area contributed by atoms with Crippen molar-refractivity contribution in [1.82, 2.24) is 9.88 Å². The molecule has 7 nitrogen and oxygen atoms in total. The second kappa shape index (κ2) is 7.40. The van der Waals surface area contributed by atoms with Gasteiger partial charge in [-0.25, -0.2) is 14.2 Å². The first-order valence-corrected chi connectivity index (χ1v) is 8.85. The standard InChI is InChI=1S/C19H20FN3O4/c20-13-3-4-16-17(10-13)27-14(12-26-16)11-22-6-8-23(9-7-22)18-15(19(24)25)2-1-5-21-18/h1-5,10,14H,6-9,11-12H2,(H,24,25). The van der Waals surface area contributed by atoms with Gasteiger partial charge >= 0.3 is 5.97 Å². The number of aromatic nitrogens is 1. The van der Waals surface area contributed by atoms with E-state index in [2.05, 4.69) is 9.88 Å². The summed E-state index contributed by atoms with van der Waals surface area (Å²) >= 11 is 0. The smallest absolute Gasteiger partial charge is 0.339 e. The van der Waals surface area contributed by atoms with E-state index in [9.17, 15) is 14.3 Å². The molecule has 1 saturated heterocycles. The Morgan fingerprint density at radius 1 is 1.22 bits per heavy atom. The number of nitrogens with zero attached hydrogens (tertiary/aromatic N) is 3. The van der Waals surface area contributed by atoms with Gasteiger partial charge < -0.3 is 19.5 Å². The maximum absolute atomic E-state index is 13.4. The highest BCUT2D eigenvalue weighted by atomic mass is 19.1. The molecule has 2 aliphatic rings. The van der Waals surface area contributed by atoms with Crippen LogP contribution in [0.2, 0.25) is 0 Å². The van der Waals surface area contributed by atoms with E-state index in [1.54, 1.807) is 24.4 Å². The molecule has 142 valence electrons. The first-order chi connectivity index (χ1) is 13.1. The van der Waals surface area contributed by atoms with Gasteiger partial charge in [0.25, 0.3) is 0 Å². The molecule has 0 saturated carbocycles. The summed E-state index contributed by atoms with van der Waals surface area (Å²) in [5, 5.41) is 9.33. The molecular weight excluding hydrogens is 353 g/mol. The number of pyridine rings is 1. The summed E-state index contributed by atoms with van der Waals surface area (Å²) < 4.78 is 24.9. The fourth-order valence-electron chi connectivity index (χ4n) is 3.43. The second-order valence-corrected chi connectivity index (χ2v) is 6.61. The van der Waals surface area contributed by atoms with Gasteiger partial charge in [0.15, 0.2) is 11.5 Å². The lowest BCUT2D eigenvalue weighted by atomic mass is 10.2. The quantitative estimate of drug-likeness (QED) is 0.877. The Morgan fingerprint density at radius 2 is 2.04 bits per heavy atom. The molecule has 1 aromatic heterocycles. The number of hydrogen-bond acceptors (Lipinski definition) is 6. The van der Waals surface area contributed by atoms with Crippen LogP contribution in [0.4, 0.5) is 10.2 Å². The third-order valence-electron chi connectivity index (χ3n) is 4.77. The zero-order chi connectivity index (χ0) is 18.8. The van der Waals surface area contributed by atoms with Crippen molar-refractivity contribution >= 4 is 11.8 Å². The van der Waals surface area contributed by atoms with E-state index in [4.69, 9.17) is 9.47 Å². The van der Waals surface area contributed by atoms with Gasteiger partial charge in [-0.3, -0.25) is 4.90 Å². The zero-order valence-corrected chi connectivity index (χ0v) is 14.7. The molecule has 0 spiro atoms. The summed E-state index contributed by atoms with van der Waals surface area (Å²) in [6.45, 7) is 3.95. The number of hydrogen-bond donors (Lipinski definition) is 1. The highest BCUT2D eigenvalue weighted by Gasteiger charge is 2.27. The Kier molecular flexibility index (Phi) is 4.81. The summed E-state index contributed by atoms with van der Waals surface area (Å²) in [5.41, 5.74) is 0.216. The molecule has 1 unspecified atom stereocenters. The van der Waals surface area contributed by atoms with Crippen LogP contribution < -0.4 is 14.4 Å². The van der Waals surface area contributed by atoms with E-state index in [1.807, 2.05) is 4.90 Å². The van der Waals surface area contributed by atoms with Crippen LogP contribution in [0.3, 0.4) is 0 Å². The molecule has 2 aliphatic heterocycles. The summed E-state index contributed by atoms with van der Waals surface area (Å²) in [6.07, 6.45) is 1.44. The highest BCUT2D eigenvalue weighted by Crippen LogP contribution is 2.32. The molecule has 3 heterocycles. The van der Waals surface area contributed by atoms with E-state index < -0.39 is 5.97 Å². The van der Waals surface area contributed by atoms with Crippen LogP contribution in [0, 0.1) is 5.82 Å². The van der Waals surface area contributed by atoms with Crippen molar-refractivity contribution in [1.29, 1.82) is 0 Å². The molecule has 1 aromatic carbocycles. The predicted molar refractivity (Wildman–Crippen MR) is 96.2 cm³/mol. The van der Waals surface area contributed by atoms with Gasteiger partial charge in [0.1, 0.15) is 29.9 Å². The van der Waals surface area contributed by atoms with Crippen molar-refractivity contribution < 1.29 is 23.8 Å². The SMILES string of the molecule is O=C(O)c1cccnc1N1CCN(CC2COc3ccc(F)cc3O2)CC1. The third kappa shape index (κ3) is 3.80. The third-order valence-corrected chi connectivity index (χ3v) is 4.77. The minimum atomic E-state index is -0.973. The number of fused-ring (bicyclic) bond motifs is 1. The molecule has 0 bridgehead atoms. The van der Waals surface area contributed by atoms with Gasteiger partial charge in [-0.15, -0.1) is 0 Å². The first-order valence-electron chi connectivity index (χ1n) is 8.85. The normalized spacial score (nSPS) is 19.7. The lowest BCUT2D eigenvalue weighted by Gasteiger charge is -2.38. The number of carboxylic acid groups (broad SMARTS) is 1. The van der Waals surface area contributed by atoms with Crippen LogP contribution in [0.25, 0.3) is 0 Å². The zero-order valence-electron chi connectivity index (χ0n) is 14.7. The van der Waals surface area contributed by atoms with Crippen LogP contribution in [0.1, 0.15) is 10.4 Å². The number of rotatable bonds is 4. The molecule has 1 atom stereocenters. The number of halogens is 1. The number of ether oxygens (including phenoxy) is 2. The molecule has 8 heteroatoms. The van der Waals surface area contributed by atoms with Gasteiger partial charge in [-0.05, 0) is 24.3 Å². The number of anilines is 1. The first kappa shape index (κ1) is 17.5. The van der Waals surface area contributed by atoms with Crippen molar-refractivity contribution in [3.05, 3.63) is 47.9 Å². The highest BCUT2D eigenvalue weighted by molar-refractivity contribution is 5.93. The van der Waals surface area contributed by atoms with E-state index in [1.165, 1.54) is 12.1 Å². The van der Waals surface area contributed by atoms with Gasteiger partial charge in [-0.1, -0.05) is 0 Å². The van der Waals surface area contributed by atoms with Gasteiger partial charge in [0.2, 0.25) is 0 Å². The second-order valence-electron chi connectivity index (χ2n) is 6.61. The molecular formula is C19H20FN3O4. The maximum Gasteiger partial charge on any atom is 0.339 e. The average Bonchev–Trinajstić information content (AvgIpc) is 2.68. The number of benzene rings is 1. The number of aromatic carboxylic acids is 1. The van der Waals surface area contributed by atoms with E-state index >= 15 is 0 Å². The molecule has 0 amide bonds. The largest absolute Gasteiger partial charge is 0.486 e. The van der Waals surface area contributed by atoms with Crippen molar-refractivity contribution in [2.24, 2.45) is 0 Å². The van der Waals surface area contributed by atoms with Crippen molar-refractivity contribution in [3.8, 4) is 11.5 Å². The molecule has 0 aliphatic carbocycles. The Morgan fingerprint density at radius 3 is 2.81 bits per heavy atom. The van der Waals surface area contributed by atoms with Crippen LogP contribution in [-0.4, -0.2) is 66.4 Å². The maximum atomic E-state index is 13.4. The number of carbonyl (C=O) groups is 1. The van der Waals surface area contributed by atoms with Gasteiger partial charge in [-0.2, -0.15) is 0 Å². The lowest BCUT2D eigenvalue weighted by molar-refractivity contribution is 0.0566. The average molecular weight is 373 g/mol. The Balaban J connectivity index is 1.35. The molecule has 1 fully saturated rings. The van der Waals surface area contributed by atoms with Crippen LogP contribution in [0.5, 0.6) is 11.5 Å². The van der Waals surface area contributed by atoms with E-state index in [-0.39, 0.29) is 17.5 Å². The molecule has 4 rings (SSSR count). The topological polar surface area (TPSA) is 75.1 Å². The summed E-state index contributed by atoms with van der Waals surface area (Å²) in [7, 11) is 0. The molecule has 0 radical (unpaired) electrons. The molecule has 27 heavy (non-hydrogen) atoms. The Hall–Kier alpha value is -2.87. The summed E-state index contributed by atoms with van der Waals surface area (Å²) in [6, 6.07) is 7.47.